The minimum atomic E-state index is -0.927. The Morgan fingerprint density at radius 3 is 2.59 bits per heavy atom. The molecule has 0 aliphatic rings. The van der Waals surface area contributed by atoms with Crippen LogP contribution in [0.3, 0.4) is 0 Å². The van der Waals surface area contributed by atoms with Crippen LogP contribution in [0.2, 0.25) is 0 Å². The Kier molecular flexibility index (Phi) is 3.51. The van der Waals surface area contributed by atoms with Gasteiger partial charge in [-0.05, 0) is 24.6 Å². The molecule has 0 amide bonds. The summed E-state index contributed by atoms with van der Waals surface area (Å²) in [5.74, 6) is 0. The summed E-state index contributed by atoms with van der Waals surface area (Å²) in [5.41, 5.74) is 5.73. The van der Waals surface area contributed by atoms with Crippen molar-refractivity contribution in [1.82, 2.24) is 4.98 Å². The molecular formula is C12H13BrN2OS. The Morgan fingerprint density at radius 1 is 1.41 bits per heavy atom. The molecule has 1 heterocycles. The first-order chi connectivity index (χ1) is 7.97. The fourth-order valence-electron chi connectivity index (χ4n) is 1.62. The maximum absolute atomic E-state index is 10.4. The lowest BCUT2D eigenvalue weighted by molar-refractivity contribution is 0.0613. The van der Waals surface area contributed by atoms with Crippen LogP contribution in [-0.4, -0.2) is 10.1 Å². The van der Waals surface area contributed by atoms with Crippen LogP contribution in [0.25, 0.3) is 0 Å². The number of halogens is 1. The molecule has 90 valence electrons. The molecular weight excluding hydrogens is 300 g/mol. The van der Waals surface area contributed by atoms with E-state index < -0.39 is 5.60 Å². The van der Waals surface area contributed by atoms with Gasteiger partial charge in [-0.3, -0.25) is 0 Å². The van der Waals surface area contributed by atoms with Crippen LogP contribution in [0.5, 0.6) is 0 Å². The predicted octanol–water partition coefficient (Wildman–Crippen LogP) is 2.94. The molecule has 0 radical (unpaired) electrons. The minimum Gasteiger partial charge on any atom is -0.384 e. The molecule has 0 saturated heterocycles. The zero-order valence-corrected chi connectivity index (χ0v) is 11.8. The second-order valence-corrected chi connectivity index (χ2v) is 6.12. The number of benzene rings is 1. The summed E-state index contributed by atoms with van der Waals surface area (Å²) >= 11 is 4.71. The number of thiazole rings is 1. The first-order valence-corrected chi connectivity index (χ1v) is 6.77. The van der Waals surface area contributed by atoms with Gasteiger partial charge in [0.25, 0.3) is 0 Å². The average molecular weight is 313 g/mol. The molecule has 0 aliphatic carbocycles. The minimum absolute atomic E-state index is 0.482. The van der Waals surface area contributed by atoms with E-state index in [-0.39, 0.29) is 0 Å². The van der Waals surface area contributed by atoms with Crippen molar-refractivity contribution in [1.29, 1.82) is 0 Å². The van der Waals surface area contributed by atoms with Crippen molar-refractivity contribution in [2.24, 2.45) is 0 Å². The van der Waals surface area contributed by atoms with E-state index in [1.807, 2.05) is 24.3 Å². The topological polar surface area (TPSA) is 59.1 Å². The normalized spacial score (nSPS) is 14.5. The van der Waals surface area contributed by atoms with Gasteiger partial charge in [-0.15, -0.1) is 0 Å². The number of aliphatic hydroxyl groups is 1. The number of aromatic nitrogens is 1. The zero-order valence-electron chi connectivity index (χ0n) is 9.35. The van der Waals surface area contributed by atoms with Crippen molar-refractivity contribution in [3.63, 3.8) is 0 Å². The number of hydrogen-bond acceptors (Lipinski definition) is 4. The molecule has 3 nitrogen and oxygen atoms in total. The summed E-state index contributed by atoms with van der Waals surface area (Å²) < 4.78 is 1.03. The highest BCUT2D eigenvalue weighted by atomic mass is 79.9. The third-order valence-corrected chi connectivity index (χ3v) is 4.12. The van der Waals surface area contributed by atoms with E-state index in [0.717, 1.165) is 14.9 Å². The van der Waals surface area contributed by atoms with E-state index in [1.54, 1.807) is 13.1 Å². The largest absolute Gasteiger partial charge is 0.384 e. The summed E-state index contributed by atoms with van der Waals surface area (Å²) in [5, 5.41) is 10.9. The monoisotopic (exact) mass is 312 g/mol. The Labute approximate surface area is 112 Å². The zero-order chi connectivity index (χ0) is 12.5. The smallest absolute Gasteiger partial charge is 0.180 e. The molecule has 1 unspecified atom stereocenters. The lowest BCUT2D eigenvalue weighted by Crippen LogP contribution is -2.22. The van der Waals surface area contributed by atoms with Crippen molar-refractivity contribution < 1.29 is 5.11 Å². The Hall–Kier alpha value is -0.910. The molecule has 17 heavy (non-hydrogen) atoms. The molecule has 0 aliphatic heterocycles. The summed E-state index contributed by atoms with van der Waals surface area (Å²) in [6.07, 6.45) is 2.18. The van der Waals surface area contributed by atoms with Gasteiger partial charge in [0.05, 0.1) is 4.88 Å². The summed E-state index contributed by atoms with van der Waals surface area (Å²) in [6.45, 7) is 1.78. The maximum Gasteiger partial charge on any atom is 0.180 e. The Balaban J connectivity index is 2.19. The molecule has 0 fully saturated rings. The van der Waals surface area contributed by atoms with E-state index >= 15 is 0 Å². The van der Waals surface area contributed by atoms with Crippen molar-refractivity contribution in [3.05, 3.63) is 45.4 Å². The number of nitrogens with two attached hydrogens (primary N) is 1. The second-order valence-electron chi connectivity index (χ2n) is 4.14. The van der Waals surface area contributed by atoms with Gasteiger partial charge >= 0.3 is 0 Å². The second kappa shape index (κ2) is 4.76. The van der Waals surface area contributed by atoms with Gasteiger partial charge < -0.3 is 10.8 Å². The fourth-order valence-corrected chi connectivity index (χ4v) is 2.62. The van der Waals surface area contributed by atoms with Gasteiger partial charge in [0, 0.05) is 17.1 Å². The fraction of sp³-hybridized carbons (Fsp3) is 0.250. The van der Waals surface area contributed by atoms with E-state index in [2.05, 4.69) is 20.9 Å². The molecule has 5 heteroatoms. The van der Waals surface area contributed by atoms with Crippen LogP contribution in [0, 0.1) is 0 Å². The molecule has 2 rings (SSSR count). The van der Waals surface area contributed by atoms with Gasteiger partial charge in [0.15, 0.2) is 5.13 Å². The molecule has 2 aromatic rings. The maximum atomic E-state index is 10.4. The highest BCUT2D eigenvalue weighted by Gasteiger charge is 2.25. The first kappa shape index (κ1) is 12.5. The molecule has 0 bridgehead atoms. The van der Waals surface area contributed by atoms with E-state index in [0.29, 0.717) is 11.6 Å². The van der Waals surface area contributed by atoms with E-state index in [4.69, 9.17) is 5.73 Å². The van der Waals surface area contributed by atoms with Crippen LogP contribution in [-0.2, 0) is 12.0 Å². The lowest BCUT2D eigenvalue weighted by Gasteiger charge is -2.21. The number of anilines is 1. The van der Waals surface area contributed by atoms with Crippen molar-refractivity contribution in [2.75, 3.05) is 5.73 Å². The number of rotatable bonds is 3. The third-order valence-electron chi connectivity index (χ3n) is 2.52. The standard InChI is InChI=1S/C12H13BrN2OS/c1-12(16,10-7-15-11(14)17-10)6-8-2-4-9(13)5-3-8/h2-5,7,16H,6H2,1H3,(H2,14,15). The highest BCUT2D eigenvalue weighted by Crippen LogP contribution is 2.30. The summed E-state index contributed by atoms with van der Waals surface area (Å²) in [7, 11) is 0. The number of nitrogens with zero attached hydrogens (tertiary/aromatic N) is 1. The molecule has 3 N–H and O–H groups in total. The van der Waals surface area contributed by atoms with Crippen LogP contribution < -0.4 is 5.73 Å². The molecule has 0 saturated carbocycles. The van der Waals surface area contributed by atoms with E-state index in [1.165, 1.54) is 11.3 Å². The number of nitrogen functional groups attached to an aromatic ring is 1. The van der Waals surface area contributed by atoms with Crippen molar-refractivity contribution in [3.8, 4) is 0 Å². The first-order valence-electron chi connectivity index (χ1n) is 5.16. The van der Waals surface area contributed by atoms with Crippen molar-refractivity contribution in [2.45, 2.75) is 18.9 Å². The van der Waals surface area contributed by atoms with Crippen LogP contribution in [0.15, 0.2) is 34.9 Å². The highest BCUT2D eigenvalue weighted by molar-refractivity contribution is 9.10. The average Bonchev–Trinajstić information content (AvgIpc) is 2.69. The Bertz CT molecular complexity index is 507. The molecule has 1 aromatic heterocycles. The summed E-state index contributed by atoms with van der Waals surface area (Å²) in [6, 6.07) is 7.91. The van der Waals surface area contributed by atoms with Crippen LogP contribution in [0.1, 0.15) is 17.4 Å². The van der Waals surface area contributed by atoms with Gasteiger partial charge in [-0.2, -0.15) is 0 Å². The van der Waals surface area contributed by atoms with Crippen LogP contribution in [0.4, 0.5) is 5.13 Å². The number of hydrogen-bond donors (Lipinski definition) is 2. The van der Waals surface area contributed by atoms with Gasteiger partial charge in [-0.1, -0.05) is 39.4 Å². The van der Waals surface area contributed by atoms with Gasteiger partial charge in [0.1, 0.15) is 5.60 Å². The quantitative estimate of drug-likeness (QED) is 0.916. The molecule has 1 aromatic carbocycles. The van der Waals surface area contributed by atoms with Crippen LogP contribution >= 0.6 is 27.3 Å². The Morgan fingerprint density at radius 2 is 2.06 bits per heavy atom. The molecule has 1 atom stereocenters. The SMILES string of the molecule is CC(O)(Cc1ccc(Br)cc1)c1cnc(N)s1. The predicted molar refractivity (Wildman–Crippen MR) is 73.9 cm³/mol. The van der Waals surface area contributed by atoms with Crippen molar-refractivity contribution >= 4 is 32.4 Å². The van der Waals surface area contributed by atoms with E-state index in [9.17, 15) is 5.11 Å². The third kappa shape index (κ3) is 3.06. The molecule has 0 spiro atoms. The van der Waals surface area contributed by atoms with Gasteiger partial charge in [0.2, 0.25) is 0 Å². The van der Waals surface area contributed by atoms with Gasteiger partial charge in [-0.25, -0.2) is 4.98 Å². The summed E-state index contributed by atoms with van der Waals surface area (Å²) in [4.78, 5) is 4.76. The lowest BCUT2D eigenvalue weighted by atomic mass is 9.95.